The van der Waals surface area contributed by atoms with E-state index in [0.717, 1.165) is 16.8 Å². The average Bonchev–Trinajstić information content (AvgIpc) is 2.12. The van der Waals surface area contributed by atoms with E-state index in [1.807, 2.05) is 32.0 Å². The van der Waals surface area contributed by atoms with Crippen molar-refractivity contribution in [2.45, 2.75) is 20.8 Å². The highest BCUT2D eigenvalue weighted by Crippen LogP contribution is 2.13. The zero-order chi connectivity index (χ0) is 12.1. The molecular formula is C12H16N2O2. The first-order valence-electron chi connectivity index (χ1n) is 5.10. The number of hydrogen-bond donors (Lipinski definition) is 2. The van der Waals surface area contributed by atoms with Gasteiger partial charge in [-0.25, -0.2) is 0 Å². The smallest absolute Gasteiger partial charge is 0.243 e. The Bertz CT molecular complexity index is 393. The van der Waals surface area contributed by atoms with Gasteiger partial charge in [0.2, 0.25) is 11.8 Å². The molecule has 86 valence electrons. The van der Waals surface area contributed by atoms with Gasteiger partial charge >= 0.3 is 0 Å². The van der Waals surface area contributed by atoms with E-state index in [0.29, 0.717) is 0 Å². The standard InChI is InChI=1S/C12H16N2O2/c1-8-4-9(2)6-11(5-8)14-12(16)7-13-10(3)15/h4-6H,7H2,1-3H3,(H,13,15)(H,14,16). The van der Waals surface area contributed by atoms with Crippen molar-refractivity contribution in [1.82, 2.24) is 5.32 Å². The van der Waals surface area contributed by atoms with Crippen LogP contribution in [0.1, 0.15) is 18.1 Å². The second kappa shape index (κ2) is 5.30. The van der Waals surface area contributed by atoms with Gasteiger partial charge in [0.25, 0.3) is 0 Å². The average molecular weight is 220 g/mol. The molecule has 0 saturated carbocycles. The van der Waals surface area contributed by atoms with Gasteiger partial charge in [0.15, 0.2) is 0 Å². The maximum absolute atomic E-state index is 11.4. The van der Waals surface area contributed by atoms with Crippen LogP contribution in [0, 0.1) is 13.8 Å². The Morgan fingerprint density at radius 1 is 1.12 bits per heavy atom. The second-order valence-corrected chi connectivity index (χ2v) is 3.83. The molecule has 2 N–H and O–H groups in total. The summed E-state index contributed by atoms with van der Waals surface area (Å²) in [5, 5.41) is 5.17. The maximum Gasteiger partial charge on any atom is 0.243 e. The summed E-state index contributed by atoms with van der Waals surface area (Å²) in [7, 11) is 0. The van der Waals surface area contributed by atoms with Gasteiger partial charge in [0.1, 0.15) is 0 Å². The van der Waals surface area contributed by atoms with Crippen molar-refractivity contribution < 1.29 is 9.59 Å². The molecule has 4 heteroatoms. The number of amides is 2. The highest BCUT2D eigenvalue weighted by atomic mass is 16.2. The molecule has 0 radical (unpaired) electrons. The van der Waals surface area contributed by atoms with E-state index in [-0.39, 0.29) is 18.4 Å². The quantitative estimate of drug-likeness (QED) is 0.808. The van der Waals surface area contributed by atoms with E-state index in [9.17, 15) is 9.59 Å². The number of carbonyl (C=O) groups is 2. The second-order valence-electron chi connectivity index (χ2n) is 3.83. The van der Waals surface area contributed by atoms with Crippen LogP contribution in [0.4, 0.5) is 5.69 Å². The van der Waals surface area contributed by atoms with Crippen LogP contribution in [0.3, 0.4) is 0 Å². The Hall–Kier alpha value is -1.84. The Labute approximate surface area is 95.0 Å². The molecule has 0 fully saturated rings. The highest BCUT2D eigenvalue weighted by molar-refractivity contribution is 5.94. The summed E-state index contributed by atoms with van der Waals surface area (Å²) in [5.74, 6) is -0.434. The van der Waals surface area contributed by atoms with Gasteiger partial charge in [0.05, 0.1) is 6.54 Å². The molecule has 1 aromatic rings. The van der Waals surface area contributed by atoms with E-state index in [1.165, 1.54) is 6.92 Å². The van der Waals surface area contributed by atoms with Crippen LogP contribution in [-0.4, -0.2) is 18.4 Å². The van der Waals surface area contributed by atoms with Crippen LogP contribution in [0.15, 0.2) is 18.2 Å². The zero-order valence-corrected chi connectivity index (χ0v) is 9.76. The fourth-order valence-electron chi connectivity index (χ4n) is 1.46. The number of benzene rings is 1. The molecule has 0 aromatic heterocycles. The SMILES string of the molecule is CC(=O)NCC(=O)Nc1cc(C)cc(C)c1. The van der Waals surface area contributed by atoms with Crippen LogP contribution in [-0.2, 0) is 9.59 Å². The van der Waals surface area contributed by atoms with Crippen molar-refractivity contribution in [1.29, 1.82) is 0 Å². The molecule has 0 atom stereocenters. The summed E-state index contributed by atoms with van der Waals surface area (Å²) in [4.78, 5) is 22.0. The first kappa shape index (κ1) is 12.2. The molecule has 0 aliphatic carbocycles. The van der Waals surface area contributed by atoms with E-state index >= 15 is 0 Å². The Morgan fingerprint density at radius 3 is 2.19 bits per heavy atom. The number of nitrogens with one attached hydrogen (secondary N) is 2. The maximum atomic E-state index is 11.4. The molecule has 0 bridgehead atoms. The number of rotatable bonds is 3. The first-order chi connectivity index (χ1) is 7.47. The summed E-state index contributed by atoms with van der Waals surface area (Å²) in [6.45, 7) is 5.32. The lowest BCUT2D eigenvalue weighted by atomic mass is 10.1. The monoisotopic (exact) mass is 220 g/mol. The van der Waals surface area contributed by atoms with E-state index in [4.69, 9.17) is 0 Å². The van der Waals surface area contributed by atoms with E-state index < -0.39 is 0 Å². The largest absolute Gasteiger partial charge is 0.347 e. The van der Waals surface area contributed by atoms with Gasteiger partial charge in [-0.1, -0.05) is 6.07 Å². The molecule has 16 heavy (non-hydrogen) atoms. The van der Waals surface area contributed by atoms with Gasteiger partial charge in [0, 0.05) is 12.6 Å². The van der Waals surface area contributed by atoms with Crippen LogP contribution >= 0.6 is 0 Å². The third kappa shape index (κ3) is 4.13. The fourth-order valence-corrected chi connectivity index (χ4v) is 1.46. The molecule has 1 aromatic carbocycles. The minimum absolute atomic E-state index is 0.00230. The lowest BCUT2D eigenvalue weighted by Gasteiger charge is -2.07. The summed E-state index contributed by atoms with van der Waals surface area (Å²) in [5.41, 5.74) is 2.94. The lowest BCUT2D eigenvalue weighted by molar-refractivity contribution is -0.122. The Morgan fingerprint density at radius 2 is 1.69 bits per heavy atom. The first-order valence-corrected chi connectivity index (χ1v) is 5.10. The van der Waals surface area contributed by atoms with Crippen LogP contribution < -0.4 is 10.6 Å². The van der Waals surface area contributed by atoms with Crippen molar-refractivity contribution in [3.63, 3.8) is 0 Å². The summed E-state index contributed by atoms with van der Waals surface area (Å²) < 4.78 is 0. The third-order valence-corrected chi connectivity index (χ3v) is 2.00. The van der Waals surface area contributed by atoms with Crippen molar-refractivity contribution >= 4 is 17.5 Å². The molecule has 0 aliphatic rings. The molecule has 0 spiro atoms. The molecule has 0 unspecified atom stereocenters. The summed E-state index contributed by atoms with van der Waals surface area (Å²) in [6, 6.07) is 5.81. The van der Waals surface area contributed by atoms with E-state index in [1.54, 1.807) is 0 Å². The van der Waals surface area contributed by atoms with Crippen molar-refractivity contribution in [3.8, 4) is 0 Å². The zero-order valence-electron chi connectivity index (χ0n) is 9.76. The Balaban J connectivity index is 2.59. The molecular weight excluding hydrogens is 204 g/mol. The Kier molecular flexibility index (Phi) is 4.05. The molecule has 0 saturated heterocycles. The van der Waals surface area contributed by atoms with Gasteiger partial charge in [-0.05, 0) is 37.1 Å². The lowest BCUT2D eigenvalue weighted by Crippen LogP contribution is -2.31. The van der Waals surface area contributed by atoms with Gasteiger partial charge in [-0.3, -0.25) is 9.59 Å². The van der Waals surface area contributed by atoms with Crippen LogP contribution in [0.5, 0.6) is 0 Å². The predicted molar refractivity (Wildman–Crippen MR) is 63.2 cm³/mol. The number of anilines is 1. The molecule has 0 aliphatic heterocycles. The minimum atomic E-state index is -0.222. The summed E-state index contributed by atoms with van der Waals surface area (Å²) in [6.07, 6.45) is 0. The van der Waals surface area contributed by atoms with Crippen LogP contribution in [0.2, 0.25) is 0 Å². The normalized spacial score (nSPS) is 9.69. The summed E-state index contributed by atoms with van der Waals surface area (Å²) >= 11 is 0. The number of aryl methyl sites for hydroxylation is 2. The number of carbonyl (C=O) groups excluding carboxylic acids is 2. The van der Waals surface area contributed by atoms with E-state index in [2.05, 4.69) is 10.6 Å². The van der Waals surface area contributed by atoms with Crippen molar-refractivity contribution in [3.05, 3.63) is 29.3 Å². The van der Waals surface area contributed by atoms with Crippen molar-refractivity contribution in [2.75, 3.05) is 11.9 Å². The number of hydrogen-bond acceptors (Lipinski definition) is 2. The fraction of sp³-hybridized carbons (Fsp3) is 0.333. The highest BCUT2D eigenvalue weighted by Gasteiger charge is 2.03. The minimum Gasteiger partial charge on any atom is -0.347 e. The van der Waals surface area contributed by atoms with Gasteiger partial charge in [-0.15, -0.1) is 0 Å². The molecule has 4 nitrogen and oxygen atoms in total. The van der Waals surface area contributed by atoms with Gasteiger partial charge in [-0.2, -0.15) is 0 Å². The van der Waals surface area contributed by atoms with Gasteiger partial charge < -0.3 is 10.6 Å². The molecule has 2 amide bonds. The topological polar surface area (TPSA) is 58.2 Å². The third-order valence-electron chi connectivity index (χ3n) is 2.00. The molecule has 0 heterocycles. The molecule has 1 rings (SSSR count). The van der Waals surface area contributed by atoms with Crippen LogP contribution in [0.25, 0.3) is 0 Å². The van der Waals surface area contributed by atoms with Crippen molar-refractivity contribution in [2.24, 2.45) is 0 Å². The predicted octanol–water partition coefficient (Wildman–Crippen LogP) is 1.38.